The van der Waals surface area contributed by atoms with Crippen molar-refractivity contribution in [3.05, 3.63) is 63.9 Å². The zero-order valence-corrected chi connectivity index (χ0v) is 16.3. The van der Waals surface area contributed by atoms with Crippen LogP contribution in [0.15, 0.2) is 42.7 Å². The highest BCUT2D eigenvalue weighted by Gasteiger charge is 2.24. The Hall–Kier alpha value is -2.15. The van der Waals surface area contributed by atoms with E-state index in [0.29, 0.717) is 28.7 Å². The van der Waals surface area contributed by atoms with E-state index in [0.717, 1.165) is 19.6 Å². The molecule has 0 spiro atoms. The Morgan fingerprint density at radius 3 is 2.44 bits per heavy atom. The van der Waals surface area contributed by atoms with E-state index in [1.807, 2.05) is 12.1 Å². The van der Waals surface area contributed by atoms with E-state index < -0.39 is 0 Å². The fraction of sp³-hybridized carbons (Fsp3) is 0.316. The summed E-state index contributed by atoms with van der Waals surface area (Å²) in [4.78, 5) is 31.8. The van der Waals surface area contributed by atoms with Crippen LogP contribution < -0.4 is 10.2 Å². The highest BCUT2D eigenvalue weighted by molar-refractivity contribution is 6.42. The molecule has 3 rings (SSSR count). The number of benzene rings is 1. The molecule has 27 heavy (non-hydrogen) atoms. The Balaban J connectivity index is 1.44. The van der Waals surface area contributed by atoms with Gasteiger partial charge in [0.25, 0.3) is 5.91 Å². The van der Waals surface area contributed by atoms with Crippen molar-refractivity contribution in [2.75, 3.05) is 32.7 Å². The summed E-state index contributed by atoms with van der Waals surface area (Å²) in [7, 11) is 0. The van der Waals surface area contributed by atoms with Crippen LogP contribution in [0, 0.1) is 0 Å². The van der Waals surface area contributed by atoms with Crippen LogP contribution in [0.2, 0.25) is 10.0 Å². The largest absolute Gasteiger partial charge is 0.343 e. The van der Waals surface area contributed by atoms with Gasteiger partial charge < -0.3 is 15.1 Å². The lowest BCUT2D eigenvalue weighted by Gasteiger charge is -2.32. The minimum absolute atomic E-state index is 0.0290. The van der Waals surface area contributed by atoms with E-state index in [1.54, 1.807) is 29.4 Å². The van der Waals surface area contributed by atoms with Crippen LogP contribution in [0.3, 0.4) is 0 Å². The minimum atomic E-state index is -0.344. The third-order valence-electron chi connectivity index (χ3n) is 4.61. The van der Waals surface area contributed by atoms with Crippen molar-refractivity contribution in [3.8, 4) is 0 Å². The van der Waals surface area contributed by atoms with Crippen LogP contribution in [-0.2, 0) is 11.3 Å². The van der Waals surface area contributed by atoms with Gasteiger partial charge in [0.15, 0.2) is 0 Å². The maximum atomic E-state index is 12.4. The van der Waals surface area contributed by atoms with Crippen LogP contribution in [-0.4, -0.2) is 54.4 Å². The van der Waals surface area contributed by atoms with Crippen LogP contribution >= 0.6 is 23.2 Å². The molecule has 2 N–H and O–H groups in total. The molecule has 2 amide bonds. The molecule has 6 nitrogen and oxygen atoms in total. The van der Waals surface area contributed by atoms with Gasteiger partial charge in [-0.3, -0.25) is 14.6 Å². The van der Waals surface area contributed by atoms with Gasteiger partial charge in [0.2, 0.25) is 5.91 Å². The molecule has 2 heterocycles. The molecular weight excluding hydrogens is 387 g/mol. The second kappa shape index (κ2) is 9.17. The second-order valence-corrected chi connectivity index (χ2v) is 7.29. The summed E-state index contributed by atoms with van der Waals surface area (Å²) < 4.78 is 0. The summed E-state index contributed by atoms with van der Waals surface area (Å²) in [5.41, 5.74) is 1.62. The Morgan fingerprint density at radius 1 is 1.07 bits per heavy atom. The van der Waals surface area contributed by atoms with Crippen LogP contribution in [0.5, 0.6) is 0 Å². The third-order valence-corrected chi connectivity index (χ3v) is 5.35. The van der Waals surface area contributed by atoms with Crippen molar-refractivity contribution < 1.29 is 14.5 Å². The van der Waals surface area contributed by atoms with Crippen molar-refractivity contribution >= 4 is 35.0 Å². The van der Waals surface area contributed by atoms with Crippen molar-refractivity contribution in [1.82, 2.24) is 15.2 Å². The van der Waals surface area contributed by atoms with Crippen LogP contribution in [0.1, 0.15) is 15.9 Å². The Kier molecular flexibility index (Phi) is 6.66. The predicted molar refractivity (Wildman–Crippen MR) is 104 cm³/mol. The molecule has 1 aromatic carbocycles. The summed E-state index contributed by atoms with van der Waals surface area (Å²) in [6, 6.07) is 8.66. The van der Waals surface area contributed by atoms with E-state index >= 15 is 0 Å². The predicted octanol–water partition coefficient (Wildman–Crippen LogP) is 1.05. The Bertz CT molecular complexity index is 809. The van der Waals surface area contributed by atoms with E-state index in [9.17, 15) is 9.59 Å². The van der Waals surface area contributed by atoms with Crippen molar-refractivity contribution in [2.24, 2.45) is 0 Å². The highest BCUT2D eigenvalue weighted by atomic mass is 35.5. The fourth-order valence-corrected chi connectivity index (χ4v) is 3.34. The van der Waals surface area contributed by atoms with E-state index in [1.165, 1.54) is 16.5 Å². The topological polar surface area (TPSA) is 66.7 Å². The molecule has 0 radical (unpaired) electrons. The summed E-state index contributed by atoms with van der Waals surface area (Å²) in [6.45, 7) is 4.03. The number of rotatable bonds is 5. The lowest BCUT2D eigenvalue weighted by atomic mass is 10.2. The molecule has 1 aliphatic heterocycles. The van der Waals surface area contributed by atoms with Gasteiger partial charge in [-0.1, -0.05) is 23.2 Å². The number of hydrogen-bond acceptors (Lipinski definition) is 3. The summed E-state index contributed by atoms with van der Waals surface area (Å²) >= 11 is 11.8. The number of aromatic nitrogens is 1. The molecule has 0 aliphatic carbocycles. The molecule has 1 saturated heterocycles. The summed E-state index contributed by atoms with van der Waals surface area (Å²) in [5.74, 6) is -0.421. The molecule has 142 valence electrons. The molecule has 0 unspecified atom stereocenters. The number of pyridine rings is 1. The average Bonchev–Trinajstić information content (AvgIpc) is 2.69. The first-order valence-electron chi connectivity index (χ1n) is 8.76. The fourth-order valence-electron chi connectivity index (χ4n) is 3.05. The number of hydrogen-bond donors (Lipinski definition) is 2. The number of piperazine rings is 1. The SMILES string of the molecule is O=C(NCC(=O)N1CC[NH+](Cc2ccncc2)CC1)c1ccc(Cl)c(Cl)c1. The number of nitrogens with one attached hydrogen (secondary N) is 2. The van der Waals surface area contributed by atoms with Crippen molar-refractivity contribution in [3.63, 3.8) is 0 Å². The lowest BCUT2D eigenvalue weighted by Crippen LogP contribution is -3.13. The van der Waals surface area contributed by atoms with Gasteiger partial charge in [-0.2, -0.15) is 0 Å². The second-order valence-electron chi connectivity index (χ2n) is 6.47. The lowest BCUT2D eigenvalue weighted by molar-refractivity contribution is -0.917. The molecule has 1 fully saturated rings. The van der Waals surface area contributed by atoms with Gasteiger partial charge in [-0.15, -0.1) is 0 Å². The summed E-state index contributed by atoms with van der Waals surface area (Å²) in [5, 5.41) is 3.34. The molecular formula is C19H21Cl2N4O2+. The zero-order chi connectivity index (χ0) is 19.2. The van der Waals surface area contributed by atoms with Crippen LogP contribution in [0.4, 0.5) is 0 Å². The number of quaternary nitrogens is 1. The molecule has 1 aromatic heterocycles. The Labute approximate surface area is 168 Å². The average molecular weight is 408 g/mol. The molecule has 0 saturated carbocycles. The first-order chi connectivity index (χ1) is 13.0. The van der Waals surface area contributed by atoms with Gasteiger partial charge in [0, 0.05) is 23.5 Å². The van der Waals surface area contributed by atoms with Gasteiger partial charge in [-0.25, -0.2) is 0 Å². The minimum Gasteiger partial charge on any atom is -0.343 e. The maximum absolute atomic E-state index is 12.4. The monoisotopic (exact) mass is 407 g/mol. The first-order valence-corrected chi connectivity index (χ1v) is 9.52. The van der Waals surface area contributed by atoms with E-state index in [-0.39, 0.29) is 18.4 Å². The van der Waals surface area contributed by atoms with E-state index in [2.05, 4.69) is 10.3 Å². The normalized spacial score (nSPS) is 14.8. The van der Waals surface area contributed by atoms with Crippen molar-refractivity contribution in [2.45, 2.75) is 6.54 Å². The highest BCUT2D eigenvalue weighted by Crippen LogP contribution is 2.22. The number of nitrogens with zero attached hydrogens (tertiary/aromatic N) is 2. The molecule has 0 bridgehead atoms. The number of amides is 2. The van der Waals surface area contributed by atoms with Gasteiger partial charge in [0.1, 0.15) is 6.54 Å². The standard InChI is InChI=1S/C19H20Cl2N4O2/c20-16-2-1-15(11-17(16)21)19(27)23-12-18(26)25-9-7-24(8-10-25)13-14-3-5-22-6-4-14/h1-6,11H,7-10,12-13H2,(H,23,27)/p+1. The summed E-state index contributed by atoms with van der Waals surface area (Å²) in [6.07, 6.45) is 3.59. The number of carbonyl (C=O) groups is 2. The molecule has 2 aromatic rings. The third kappa shape index (κ3) is 5.42. The number of carbonyl (C=O) groups excluding carboxylic acids is 2. The first kappa shape index (κ1) is 19.6. The van der Waals surface area contributed by atoms with Crippen molar-refractivity contribution in [1.29, 1.82) is 0 Å². The molecule has 0 atom stereocenters. The van der Waals surface area contributed by atoms with Gasteiger partial charge >= 0.3 is 0 Å². The molecule has 1 aliphatic rings. The van der Waals surface area contributed by atoms with Gasteiger partial charge in [-0.05, 0) is 30.3 Å². The smallest absolute Gasteiger partial charge is 0.251 e. The van der Waals surface area contributed by atoms with E-state index in [4.69, 9.17) is 23.2 Å². The quantitative estimate of drug-likeness (QED) is 0.778. The maximum Gasteiger partial charge on any atom is 0.251 e. The Morgan fingerprint density at radius 2 is 1.78 bits per heavy atom. The molecule has 8 heteroatoms. The zero-order valence-electron chi connectivity index (χ0n) is 14.8. The van der Waals surface area contributed by atoms with Crippen LogP contribution in [0.25, 0.3) is 0 Å². The van der Waals surface area contributed by atoms with Gasteiger partial charge in [0.05, 0.1) is 42.8 Å². The number of halogens is 2.